The lowest BCUT2D eigenvalue weighted by molar-refractivity contribution is 0.0488. The van der Waals surface area contributed by atoms with Crippen LogP contribution in [-0.2, 0) is 7.05 Å². The van der Waals surface area contributed by atoms with E-state index in [1.165, 1.54) is 24.7 Å². The molecule has 1 aromatic rings. The van der Waals surface area contributed by atoms with Crippen LogP contribution in [0.3, 0.4) is 0 Å². The molecule has 0 saturated heterocycles. The minimum Gasteiger partial charge on any atom is -0.382 e. The lowest BCUT2D eigenvalue weighted by atomic mass is 10.00. The van der Waals surface area contributed by atoms with Crippen LogP contribution in [0.4, 0.5) is 0 Å². The molecule has 0 radical (unpaired) electrons. The topological polar surface area (TPSA) is 55.1 Å². The zero-order valence-electron chi connectivity index (χ0n) is 7.40. The lowest BCUT2D eigenvalue weighted by Gasteiger charge is -2.13. The molecule has 0 bridgehead atoms. The summed E-state index contributed by atoms with van der Waals surface area (Å²) in [5.41, 5.74) is -0.881. The fraction of sp³-hybridized carbons (Fsp3) is 0.500. The van der Waals surface area contributed by atoms with Gasteiger partial charge in [-0.1, -0.05) is 0 Å². The first-order valence-electron chi connectivity index (χ1n) is 3.67. The Hall–Kier alpha value is -1.16. The standard InChI is InChI=1S/C8H12N2O2/c1-8(2,12)7(11)6-4-9-10(3)5-6/h4-5,12H,1-3H3. The van der Waals surface area contributed by atoms with E-state index in [0.29, 0.717) is 5.56 Å². The summed E-state index contributed by atoms with van der Waals surface area (Å²) in [6.45, 7) is 2.92. The number of aliphatic hydroxyl groups is 1. The molecule has 0 amide bonds. The van der Waals surface area contributed by atoms with Gasteiger partial charge in [0.05, 0.1) is 11.8 Å². The molecule has 12 heavy (non-hydrogen) atoms. The second-order valence-electron chi connectivity index (χ2n) is 3.29. The van der Waals surface area contributed by atoms with Crippen LogP contribution in [0, 0.1) is 0 Å². The summed E-state index contributed by atoms with van der Waals surface area (Å²) >= 11 is 0. The highest BCUT2D eigenvalue weighted by molar-refractivity contribution is 6.01. The number of carbonyl (C=O) groups excluding carboxylic acids is 1. The summed E-state index contributed by atoms with van der Waals surface area (Å²) in [5.74, 6) is -0.310. The first kappa shape index (κ1) is 8.93. The average Bonchev–Trinajstić information content (AvgIpc) is 2.32. The highest BCUT2D eigenvalue weighted by Crippen LogP contribution is 2.10. The molecule has 0 atom stereocenters. The summed E-state index contributed by atoms with van der Waals surface area (Å²) in [6.07, 6.45) is 3.03. The van der Waals surface area contributed by atoms with Gasteiger partial charge in [0.2, 0.25) is 0 Å². The van der Waals surface area contributed by atoms with Gasteiger partial charge >= 0.3 is 0 Å². The molecule has 1 N–H and O–H groups in total. The maximum Gasteiger partial charge on any atom is 0.196 e. The third kappa shape index (κ3) is 1.71. The van der Waals surface area contributed by atoms with Crippen LogP contribution < -0.4 is 0 Å². The van der Waals surface area contributed by atoms with Crippen molar-refractivity contribution in [3.05, 3.63) is 18.0 Å². The zero-order chi connectivity index (χ0) is 9.35. The number of aryl methyl sites for hydroxylation is 1. The fourth-order valence-corrected chi connectivity index (χ4v) is 0.892. The van der Waals surface area contributed by atoms with Crippen LogP contribution in [0.15, 0.2) is 12.4 Å². The molecule has 0 aliphatic heterocycles. The van der Waals surface area contributed by atoms with E-state index in [1.54, 1.807) is 13.2 Å². The molecular weight excluding hydrogens is 156 g/mol. The zero-order valence-corrected chi connectivity index (χ0v) is 7.40. The molecule has 4 nitrogen and oxygen atoms in total. The number of carbonyl (C=O) groups is 1. The highest BCUT2D eigenvalue weighted by atomic mass is 16.3. The normalized spacial score (nSPS) is 11.7. The van der Waals surface area contributed by atoms with Crippen molar-refractivity contribution in [2.24, 2.45) is 7.05 Å². The number of hydrogen-bond acceptors (Lipinski definition) is 3. The fourth-order valence-electron chi connectivity index (χ4n) is 0.892. The predicted molar refractivity (Wildman–Crippen MR) is 43.8 cm³/mol. The SMILES string of the molecule is Cn1cc(C(=O)C(C)(C)O)cn1. The summed E-state index contributed by atoms with van der Waals surface area (Å²) in [4.78, 5) is 11.4. The van der Waals surface area contributed by atoms with Crippen molar-refractivity contribution >= 4 is 5.78 Å². The maximum atomic E-state index is 11.4. The van der Waals surface area contributed by atoms with E-state index in [9.17, 15) is 9.90 Å². The van der Waals surface area contributed by atoms with Crippen molar-refractivity contribution in [3.63, 3.8) is 0 Å². The summed E-state index contributed by atoms with van der Waals surface area (Å²) in [7, 11) is 1.72. The molecule has 0 aliphatic rings. The van der Waals surface area contributed by atoms with Crippen LogP contribution in [-0.4, -0.2) is 26.3 Å². The van der Waals surface area contributed by atoms with Gasteiger partial charge in [-0.2, -0.15) is 5.10 Å². The smallest absolute Gasteiger partial charge is 0.196 e. The number of hydrogen-bond donors (Lipinski definition) is 1. The summed E-state index contributed by atoms with van der Waals surface area (Å²) < 4.78 is 1.53. The van der Waals surface area contributed by atoms with E-state index in [-0.39, 0.29) is 5.78 Å². The summed E-state index contributed by atoms with van der Waals surface area (Å²) in [5, 5.41) is 13.2. The van der Waals surface area contributed by atoms with E-state index >= 15 is 0 Å². The molecule has 1 aromatic heterocycles. The highest BCUT2D eigenvalue weighted by Gasteiger charge is 2.25. The first-order chi connectivity index (χ1) is 5.41. The van der Waals surface area contributed by atoms with Gasteiger partial charge in [-0.25, -0.2) is 0 Å². The van der Waals surface area contributed by atoms with Gasteiger partial charge in [0.15, 0.2) is 5.78 Å². The van der Waals surface area contributed by atoms with Crippen molar-refractivity contribution in [2.45, 2.75) is 19.4 Å². The molecule has 0 saturated carbocycles. The van der Waals surface area contributed by atoms with E-state index in [4.69, 9.17) is 0 Å². The van der Waals surface area contributed by atoms with Crippen molar-refractivity contribution < 1.29 is 9.90 Å². The Bertz CT molecular complexity index is 296. The average molecular weight is 168 g/mol. The van der Waals surface area contributed by atoms with Gasteiger partial charge in [0.25, 0.3) is 0 Å². The number of Topliss-reactive ketones (excluding diaryl/α,β-unsaturated/α-hetero) is 1. The number of rotatable bonds is 2. The Labute approximate surface area is 70.8 Å². The molecule has 1 heterocycles. The summed E-state index contributed by atoms with van der Waals surface area (Å²) in [6, 6.07) is 0. The predicted octanol–water partition coefficient (Wildman–Crippen LogP) is 0.374. The molecular formula is C8H12N2O2. The molecule has 0 fully saturated rings. The Morgan fingerprint density at radius 2 is 2.25 bits per heavy atom. The Balaban J connectivity index is 2.93. The molecule has 66 valence electrons. The van der Waals surface area contributed by atoms with Crippen molar-refractivity contribution in [1.82, 2.24) is 9.78 Å². The van der Waals surface area contributed by atoms with Gasteiger partial charge in [-0.15, -0.1) is 0 Å². The Morgan fingerprint density at radius 1 is 1.67 bits per heavy atom. The van der Waals surface area contributed by atoms with Crippen molar-refractivity contribution in [3.8, 4) is 0 Å². The quantitative estimate of drug-likeness (QED) is 0.649. The molecule has 0 unspecified atom stereocenters. The van der Waals surface area contributed by atoms with E-state index in [1.807, 2.05) is 0 Å². The van der Waals surface area contributed by atoms with Gasteiger partial charge in [-0.05, 0) is 13.8 Å². The molecule has 1 rings (SSSR count). The number of ketones is 1. The van der Waals surface area contributed by atoms with Crippen LogP contribution >= 0.6 is 0 Å². The minimum atomic E-state index is -1.32. The Morgan fingerprint density at radius 3 is 2.58 bits per heavy atom. The van der Waals surface area contributed by atoms with Crippen molar-refractivity contribution in [1.29, 1.82) is 0 Å². The molecule has 0 spiro atoms. The third-order valence-electron chi connectivity index (χ3n) is 1.52. The van der Waals surface area contributed by atoms with Crippen LogP contribution in [0.25, 0.3) is 0 Å². The van der Waals surface area contributed by atoms with Crippen LogP contribution in [0.2, 0.25) is 0 Å². The van der Waals surface area contributed by atoms with Gasteiger partial charge in [0.1, 0.15) is 5.60 Å². The van der Waals surface area contributed by atoms with Gasteiger partial charge in [-0.3, -0.25) is 9.48 Å². The second-order valence-corrected chi connectivity index (χ2v) is 3.29. The largest absolute Gasteiger partial charge is 0.382 e. The van der Waals surface area contributed by atoms with E-state index < -0.39 is 5.60 Å². The van der Waals surface area contributed by atoms with Crippen LogP contribution in [0.1, 0.15) is 24.2 Å². The van der Waals surface area contributed by atoms with Crippen molar-refractivity contribution in [2.75, 3.05) is 0 Å². The maximum absolute atomic E-state index is 11.4. The lowest BCUT2D eigenvalue weighted by Crippen LogP contribution is -2.30. The Kier molecular flexibility index (Phi) is 2.02. The van der Waals surface area contributed by atoms with E-state index in [2.05, 4.69) is 5.10 Å². The molecule has 4 heteroatoms. The molecule has 0 aromatic carbocycles. The van der Waals surface area contributed by atoms with Gasteiger partial charge < -0.3 is 5.11 Å². The minimum absolute atomic E-state index is 0.310. The monoisotopic (exact) mass is 168 g/mol. The molecule has 0 aliphatic carbocycles. The van der Waals surface area contributed by atoms with Gasteiger partial charge in [0, 0.05) is 13.2 Å². The third-order valence-corrected chi connectivity index (χ3v) is 1.52. The number of aromatic nitrogens is 2. The van der Waals surface area contributed by atoms with Crippen LogP contribution in [0.5, 0.6) is 0 Å². The second kappa shape index (κ2) is 2.71. The first-order valence-corrected chi connectivity index (χ1v) is 3.67. The number of nitrogens with zero attached hydrogens (tertiary/aromatic N) is 2. The van der Waals surface area contributed by atoms with E-state index in [0.717, 1.165) is 0 Å².